The summed E-state index contributed by atoms with van der Waals surface area (Å²) in [5, 5.41) is 0. The minimum atomic E-state index is -5.26. The summed E-state index contributed by atoms with van der Waals surface area (Å²) in [6, 6.07) is 1.12. The van der Waals surface area contributed by atoms with Crippen LogP contribution >= 0.6 is 0 Å². The first-order valence-corrected chi connectivity index (χ1v) is 8.88. The number of halogens is 6. The van der Waals surface area contributed by atoms with Gasteiger partial charge in [0, 0.05) is 24.6 Å². The molecule has 2 heterocycles. The summed E-state index contributed by atoms with van der Waals surface area (Å²) in [5.41, 5.74) is -4.68. The van der Waals surface area contributed by atoms with Crippen LogP contribution in [0.1, 0.15) is 44.9 Å². The summed E-state index contributed by atoms with van der Waals surface area (Å²) in [5.74, 6) is -0.506. The predicted octanol–water partition coefficient (Wildman–Crippen LogP) is 4.90. The van der Waals surface area contributed by atoms with E-state index in [0.717, 1.165) is 6.07 Å². The molecule has 1 aromatic heterocycles. The SMILES string of the molecule is CC(C)(C)OC(=O)N1CC2(CC(Oc3ccc(C(F)(F)F)c(C(F)(F)F)n3)C2)C1. The second kappa shape index (κ2) is 6.66. The number of amides is 1. The van der Waals surface area contributed by atoms with Crippen LogP contribution in [0.5, 0.6) is 5.88 Å². The van der Waals surface area contributed by atoms with Gasteiger partial charge in [-0.05, 0) is 39.7 Å². The third-order valence-electron chi connectivity index (χ3n) is 4.76. The van der Waals surface area contributed by atoms with Crippen LogP contribution < -0.4 is 4.74 Å². The first kappa shape index (κ1) is 21.5. The van der Waals surface area contributed by atoms with Crippen molar-refractivity contribution in [3.8, 4) is 5.88 Å². The van der Waals surface area contributed by atoms with Crippen LogP contribution in [0.15, 0.2) is 12.1 Å². The Balaban J connectivity index is 1.58. The van der Waals surface area contributed by atoms with Gasteiger partial charge in [-0.25, -0.2) is 9.78 Å². The predicted molar refractivity (Wildman–Crippen MR) is 88.1 cm³/mol. The molecule has 0 radical (unpaired) electrons. The largest absolute Gasteiger partial charge is 0.474 e. The van der Waals surface area contributed by atoms with Gasteiger partial charge in [0.1, 0.15) is 11.7 Å². The van der Waals surface area contributed by atoms with E-state index in [1.807, 2.05) is 0 Å². The van der Waals surface area contributed by atoms with E-state index in [9.17, 15) is 31.1 Å². The number of hydrogen-bond donors (Lipinski definition) is 0. The van der Waals surface area contributed by atoms with Crippen LogP contribution in [0.4, 0.5) is 31.1 Å². The second-order valence-corrected chi connectivity index (χ2v) is 8.53. The lowest BCUT2D eigenvalue weighted by atomic mass is 9.62. The molecular formula is C18H20F6N2O3. The van der Waals surface area contributed by atoms with Crippen LogP contribution in [0.3, 0.4) is 0 Å². The Hall–Kier alpha value is -2.20. The molecule has 162 valence electrons. The normalized spacial score (nSPS) is 19.6. The zero-order valence-electron chi connectivity index (χ0n) is 15.9. The van der Waals surface area contributed by atoms with Gasteiger partial charge in [-0.15, -0.1) is 0 Å². The molecule has 29 heavy (non-hydrogen) atoms. The van der Waals surface area contributed by atoms with E-state index in [0.29, 0.717) is 32.0 Å². The Morgan fingerprint density at radius 2 is 1.66 bits per heavy atom. The standard InChI is InChI=1S/C18H20F6N2O3/c1-15(2,3)29-14(27)26-8-16(9-26)6-10(7-16)28-12-5-4-11(17(19,20)21)13(25-12)18(22,23)24/h4-5,10H,6-9H2,1-3H3. The molecule has 0 bridgehead atoms. The Bertz CT molecular complexity index is 786. The fourth-order valence-corrected chi connectivity index (χ4v) is 3.59. The maximum Gasteiger partial charge on any atom is 0.434 e. The first-order valence-electron chi connectivity index (χ1n) is 8.88. The molecule has 0 unspecified atom stereocenters. The number of nitrogens with zero attached hydrogens (tertiary/aromatic N) is 2. The lowest BCUT2D eigenvalue weighted by Crippen LogP contribution is -2.66. The zero-order chi connectivity index (χ0) is 21.8. The third kappa shape index (κ3) is 4.69. The molecule has 2 fully saturated rings. The fourth-order valence-electron chi connectivity index (χ4n) is 3.59. The number of carbonyl (C=O) groups is 1. The van der Waals surface area contributed by atoms with Crippen molar-refractivity contribution in [2.24, 2.45) is 5.41 Å². The van der Waals surface area contributed by atoms with Gasteiger partial charge in [-0.1, -0.05) is 0 Å². The van der Waals surface area contributed by atoms with Crippen LogP contribution in [-0.4, -0.2) is 40.8 Å². The number of carbonyl (C=O) groups excluding carboxylic acids is 1. The summed E-state index contributed by atoms with van der Waals surface area (Å²) >= 11 is 0. The molecule has 11 heteroatoms. The monoisotopic (exact) mass is 426 g/mol. The summed E-state index contributed by atoms with van der Waals surface area (Å²) in [6.45, 7) is 6.13. The minimum Gasteiger partial charge on any atom is -0.474 e. The highest BCUT2D eigenvalue weighted by molar-refractivity contribution is 5.69. The number of hydrogen-bond acceptors (Lipinski definition) is 4. The van der Waals surface area contributed by atoms with Crippen LogP contribution in [0, 0.1) is 5.41 Å². The average Bonchev–Trinajstić information content (AvgIpc) is 2.44. The van der Waals surface area contributed by atoms with Crippen molar-refractivity contribution >= 4 is 6.09 Å². The lowest BCUT2D eigenvalue weighted by Gasteiger charge is -2.57. The van der Waals surface area contributed by atoms with Crippen molar-refractivity contribution in [3.05, 3.63) is 23.4 Å². The Morgan fingerprint density at radius 1 is 1.07 bits per heavy atom. The third-order valence-corrected chi connectivity index (χ3v) is 4.76. The molecule has 1 aliphatic heterocycles. The van der Waals surface area contributed by atoms with E-state index in [-0.39, 0.29) is 5.41 Å². The van der Waals surface area contributed by atoms with Gasteiger partial charge >= 0.3 is 18.4 Å². The molecule has 5 nitrogen and oxygen atoms in total. The van der Waals surface area contributed by atoms with Gasteiger partial charge < -0.3 is 14.4 Å². The van der Waals surface area contributed by atoms with Crippen molar-refractivity contribution in [2.45, 2.75) is 57.7 Å². The van der Waals surface area contributed by atoms with Crippen molar-refractivity contribution in [1.29, 1.82) is 0 Å². The molecule has 0 N–H and O–H groups in total. The molecule has 1 aromatic rings. The molecule has 0 atom stereocenters. The van der Waals surface area contributed by atoms with Gasteiger partial charge in [0.25, 0.3) is 0 Å². The maximum absolute atomic E-state index is 12.9. The van der Waals surface area contributed by atoms with Gasteiger partial charge in [-0.2, -0.15) is 26.3 Å². The van der Waals surface area contributed by atoms with Crippen molar-refractivity contribution in [2.75, 3.05) is 13.1 Å². The van der Waals surface area contributed by atoms with Crippen LogP contribution in [0.2, 0.25) is 0 Å². The second-order valence-electron chi connectivity index (χ2n) is 8.53. The number of aromatic nitrogens is 1. The topological polar surface area (TPSA) is 51.7 Å². The van der Waals surface area contributed by atoms with Crippen LogP contribution in [0.25, 0.3) is 0 Å². The van der Waals surface area contributed by atoms with Gasteiger partial charge in [0.15, 0.2) is 5.69 Å². The van der Waals surface area contributed by atoms with Gasteiger partial charge in [0.2, 0.25) is 5.88 Å². The highest BCUT2D eigenvalue weighted by Gasteiger charge is 2.55. The highest BCUT2D eigenvalue weighted by Crippen LogP contribution is 2.50. The molecular weight excluding hydrogens is 406 g/mol. The molecule has 0 aromatic carbocycles. The number of ether oxygens (including phenoxy) is 2. The van der Waals surface area contributed by atoms with E-state index in [2.05, 4.69) is 4.98 Å². The van der Waals surface area contributed by atoms with Crippen molar-refractivity contribution in [1.82, 2.24) is 9.88 Å². The van der Waals surface area contributed by atoms with Crippen LogP contribution in [-0.2, 0) is 17.1 Å². The van der Waals surface area contributed by atoms with E-state index in [4.69, 9.17) is 9.47 Å². The molecule has 1 amide bonds. The molecule has 1 spiro atoms. The summed E-state index contributed by atoms with van der Waals surface area (Å²) in [6.07, 6.45) is -10.4. The molecule has 1 aliphatic carbocycles. The molecule has 1 saturated carbocycles. The Morgan fingerprint density at radius 3 is 2.14 bits per heavy atom. The average molecular weight is 426 g/mol. The minimum absolute atomic E-state index is 0.194. The van der Waals surface area contributed by atoms with E-state index < -0.39 is 47.3 Å². The number of pyridine rings is 1. The van der Waals surface area contributed by atoms with Gasteiger partial charge in [-0.3, -0.25) is 0 Å². The quantitative estimate of drug-likeness (QED) is 0.632. The van der Waals surface area contributed by atoms with E-state index >= 15 is 0 Å². The first-order chi connectivity index (χ1) is 13.1. The Kier molecular flexibility index (Phi) is 4.94. The van der Waals surface area contributed by atoms with Crippen molar-refractivity contribution in [3.63, 3.8) is 0 Å². The smallest absolute Gasteiger partial charge is 0.434 e. The van der Waals surface area contributed by atoms with Gasteiger partial charge in [0.05, 0.1) is 5.56 Å². The maximum atomic E-state index is 12.9. The molecule has 3 rings (SSSR count). The zero-order valence-corrected chi connectivity index (χ0v) is 15.9. The van der Waals surface area contributed by atoms with E-state index in [1.165, 1.54) is 4.90 Å². The molecule has 2 aliphatic rings. The summed E-state index contributed by atoms with van der Waals surface area (Å²) in [4.78, 5) is 16.5. The van der Waals surface area contributed by atoms with E-state index in [1.54, 1.807) is 20.8 Å². The fraction of sp³-hybridized carbons (Fsp3) is 0.667. The Labute approximate surface area is 163 Å². The molecule has 1 saturated heterocycles. The summed E-state index contributed by atoms with van der Waals surface area (Å²) < 4.78 is 87.8. The highest BCUT2D eigenvalue weighted by atomic mass is 19.4. The number of likely N-dealkylation sites (tertiary alicyclic amines) is 1. The van der Waals surface area contributed by atoms with Crippen molar-refractivity contribution < 1.29 is 40.6 Å². The lowest BCUT2D eigenvalue weighted by molar-refractivity contribution is -0.165. The number of alkyl halides is 6. The summed E-state index contributed by atoms with van der Waals surface area (Å²) in [7, 11) is 0. The number of rotatable bonds is 2.